The van der Waals surface area contributed by atoms with E-state index in [9.17, 15) is 4.79 Å². The molecule has 2 N–H and O–H groups in total. The molecule has 5 nitrogen and oxygen atoms in total. The van der Waals surface area contributed by atoms with E-state index in [1.807, 2.05) is 13.8 Å². The molecular weight excluding hydrogens is 304 g/mol. The highest BCUT2D eigenvalue weighted by atomic mass is 79.9. The molecule has 0 saturated heterocycles. The van der Waals surface area contributed by atoms with Gasteiger partial charge in [-0.15, -0.1) is 11.3 Å². The van der Waals surface area contributed by atoms with Gasteiger partial charge in [0, 0.05) is 17.3 Å². The van der Waals surface area contributed by atoms with Gasteiger partial charge >= 0.3 is 0 Å². The molecule has 0 aliphatic rings. The van der Waals surface area contributed by atoms with Crippen LogP contribution in [-0.4, -0.2) is 20.9 Å². The predicted octanol–water partition coefficient (Wildman–Crippen LogP) is 3.00. The lowest BCUT2D eigenvalue weighted by Crippen LogP contribution is -2.15. The Morgan fingerprint density at radius 2 is 2.35 bits per heavy atom. The zero-order valence-electron chi connectivity index (χ0n) is 9.32. The molecule has 0 atom stereocenters. The number of hydrogen-bond acceptors (Lipinski definition) is 4. The Hall–Kier alpha value is -1.21. The average Bonchev–Trinajstić information content (AvgIpc) is 2.86. The summed E-state index contributed by atoms with van der Waals surface area (Å²) < 4.78 is 0.714. The summed E-state index contributed by atoms with van der Waals surface area (Å²) in [5.74, 6) is 0.440. The van der Waals surface area contributed by atoms with Crippen LogP contribution in [0.15, 0.2) is 16.3 Å². The molecule has 0 radical (unpaired) electrons. The number of hydrogen-bond donors (Lipinski definition) is 2. The summed E-state index contributed by atoms with van der Waals surface area (Å²) in [4.78, 5) is 23.9. The quantitative estimate of drug-likeness (QED) is 0.914. The molecule has 2 aromatic heterocycles. The summed E-state index contributed by atoms with van der Waals surface area (Å²) in [6, 6.07) is 0. The van der Waals surface area contributed by atoms with E-state index in [2.05, 4.69) is 36.2 Å². The molecule has 1 amide bonds. The van der Waals surface area contributed by atoms with Gasteiger partial charge in [-0.25, -0.2) is 9.97 Å². The van der Waals surface area contributed by atoms with Crippen molar-refractivity contribution in [3.63, 3.8) is 0 Å². The van der Waals surface area contributed by atoms with Gasteiger partial charge < -0.3 is 4.98 Å². The van der Waals surface area contributed by atoms with Crippen LogP contribution in [0, 0.1) is 0 Å². The van der Waals surface area contributed by atoms with Crippen molar-refractivity contribution in [3.05, 3.63) is 26.9 Å². The van der Waals surface area contributed by atoms with Crippen LogP contribution in [0.2, 0.25) is 0 Å². The molecule has 2 rings (SSSR count). The van der Waals surface area contributed by atoms with Gasteiger partial charge in [0.05, 0.1) is 0 Å². The van der Waals surface area contributed by atoms with Crippen molar-refractivity contribution >= 4 is 39.1 Å². The fraction of sp³-hybridized carbons (Fsp3) is 0.300. The maximum atomic E-state index is 12.0. The summed E-state index contributed by atoms with van der Waals surface area (Å²) in [5, 5.41) is 2.66. The highest BCUT2D eigenvalue weighted by molar-refractivity contribution is 9.11. The molecule has 90 valence electrons. The molecule has 0 aromatic carbocycles. The van der Waals surface area contributed by atoms with Crippen molar-refractivity contribution in [1.82, 2.24) is 15.0 Å². The van der Waals surface area contributed by atoms with Crippen LogP contribution >= 0.6 is 27.3 Å². The molecule has 0 bridgehead atoms. The third-order valence-corrected chi connectivity index (χ3v) is 3.90. The standard InChI is InChI=1S/C10H11BrN4OS/c1-5(2)7-6(14-9(11)17-7)8(16)15-10-12-3-4-13-10/h3-5H,1-2H3,(H2,12,13,15,16). The van der Waals surface area contributed by atoms with Crippen molar-refractivity contribution in [2.75, 3.05) is 5.32 Å². The smallest absolute Gasteiger partial charge is 0.277 e. The van der Waals surface area contributed by atoms with Crippen LogP contribution in [0.5, 0.6) is 0 Å². The lowest BCUT2D eigenvalue weighted by molar-refractivity contribution is 0.102. The third kappa shape index (κ3) is 2.73. The predicted molar refractivity (Wildman–Crippen MR) is 70.4 cm³/mol. The highest BCUT2D eigenvalue weighted by Gasteiger charge is 2.20. The lowest BCUT2D eigenvalue weighted by Gasteiger charge is -2.04. The van der Waals surface area contributed by atoms with Crippen LogP contribution in [-0.2, 0) is 0 Å². The van der Waals surface area contributed by atoms with Crippen molar-refractivity contribution in [2.24, 2.45) is 0 Å². The Balaban J connectivity index is 2.24. The SMILES string of the molecule is CC(C)c1sc(Br)nc1C(=O)Nc1ncc[nH]1. The lowest BCUT2D eigenvalue weighted by atomic mass is 10.1. The number of H-pyrrole nitrogens is 1. The van der Waals surface area contributed by atoms with Crippen LogP contribution in [0.4, 0.5) is 5.95 Å². The number of thiazole rings is 1. The van der Waals surface area contributed by atoms with Crippen LogP contribution in [0.3, 0.4) is 0 Å². The van der Waals surface area contributed by atoms with E-state index in [-0.39, 0.29) is 11.8 Å². The first-order valence-corrected chi connectivity index (χ1v) is 6.66. The van der Waals surface area contributed by atoms with E-state index in [1.165, 1.54) is 11.3 Å². The number of carbonyl (C=O) groups is 1. The van der Waals surface area contributed by atoms with E-state index in [0.717, 1.165) is 4.88 Å². The number of anilines is 1. The maximum Gasteiger partial charge on any atom is 0.277 e. The Bertz CT molecular complexity index is 520. The fourth-order valence-electron chi connectivity index (χ4n) is 1.36. The average molecular weight is 315 g/mol. The van der Waals surface area contributed by atoms with Crippen molar-refractivity contribution in [3.8, 4) is 0 Å². The minimum absolute atomic E-state index is 0.245. The van der Waals surface area contributed by atoms with Crippen LogP contribution < -0.4 is 5.32 Å². The Morgan fingerprint density at radius 3 is 2.94 bits per heavy atom. The molecule has 0 aliphatic carbocycles. The molecule has 17 heavy (non-hydrogen) atoms. The molecule has 0 unspecified atom stereocenters. The second-order valence-corrected chi connectivity index (χ2v) is 6.03. The molecular formula is C10H11BrN4OS. The van der Waals surface area contributed by atoms with Gasteiger partial charge in [-0.05, 0) is 21.8 Å². The molecule has 0 saturated carbocycles. The first kappa shape index (κ1) is 12.3. The Morgan fingerprint density at radius 1 is 1.59 bits per heavy atom. The monoisotopic (exact) mass is 314 g/mol. The van der Waals surface area contributed by atoms with E-state index in [4.69, 9.17) is 0 Å². The maximum absolute atomic E-state index is 12.0. The van der Waals surface area contributed by atoms with E-state index in [1.54, 1.807) is 12.4 Å². The van der Waals surface area contributed by atoms with Crippen molar-refractivity contribution in [2.45, 2.75) is 19.8 Å². The van der Waals surface area contributed by atoms with Crippen LogP contribution in [0.25, 0.3) is 0 Å². The number of aromatic amines is 1. The van der Waals surface area contributed by atoms with Gasteiger partial charge in [-0.3, -0.25) is 10.1 Å². The summed E-state index contributed by atoms with van der Waals surface area (Å²) in [5.41, 5.74) is 0.452. The molecule has 2 aromatic rings. The van der Waals surface area contributed by atoms with Gasteiger partial charge in [-0.1, -0.05) is 13.8 Å². The Labute approximate surface area is 111 Å². The summed E-state index contributed by atoms with van der Waals surface area (Å²) in [7, 11) is 0. The Kier molecular flexibility index (Phi) is 3.58. The summed E-state index contributed by atoms with van der Waals surface area (Å²) in [6.07, 6.45) is 3.23. The van der Waals surface area contributed by atoms with Gasteiger partial charge in [0.25, 0.3) is 5.91 Å². The number of halogens is 1. The van der Waals surface area contributed by atoms with Gasteiger partial charge in [0.1, 0.15) is 5.69 Å². The number of rotatable bonds is 3. The number of carbonyl (C=O) groups excluding carboxylic acids is 1. The second-order valence-electron chi connectivity index (χ2n) is 3.73. The zero-order chi connectivity index (χ0) is 12.4. The van der Waals surface area contributed by atoms with Gasteiger partial charge in [0.2, 0.25) is 5.95 Å². The zero-order valence-corrected chi connectivity index (χ0v) is 11.7. The fourth-order valence-corrected chi connectivity index (χ4v) is 2.85. The topological polar surface area (TPSA) is 70.7 Å². The van der Waals surface area contributed by atoms with E-state index < -0.39 is 0 Å². The molecule has 0 spiro atoms. The first-order chi connectivity index (χ1) is 8.08. The molecule has 0 fully saturated rings. The molecule has 2 heterocycles. The minimum Gasteiger partial charge on any atom is -0.331 e. The molecule has 0 aliphatic heterocycles. The first-order valence-electron chi connectivity index (χ1n) is 5.05. The third-order valence-electron chi connectivity index (χ3n) is 2.10. The highest BCUT2D eigenvalue weighted by Crippen LogP contribution is 2.29. The second kappa shape index (κ2) is 4.97. The largest absolute Gasteiger partial charge is 0.331 e. The number of nitrogens with zero attached hydrogens (tertiary/aromatic N) is 2. The number of imidazole rings is 1. The van der Waals surface area contributed by atoms with Crippen molar-refractivity contribution in [1.29, 1.82) is 0 Å². The number of amides is 1. The summed E-state index contributed by atoms with van der Waals surface area (Å²) in [6.45, 7) is 4.06. The van der Waals surface area contributed by atoms with E-state index >= 15 is 0 Å². The van der Waals surface area contributed by atoms with E-state index in [0.29, 0.717) is 15.6 Å². The summed E-state index contributed by atoms with van der Waals surface area (Å²) >= 11 is 4.78. The number of aromatic nitrogens is 3. The number of nitrogens with one attached hydrogen (secondary N) is 2. The normalized spacial score (nSPS) is 10.8. The van der Waals surface area contributed by atoms with Gasteiger partial charge in [-0.2, -0.15) is 0 Å². The molecule has 7 heteroatoms. The minimum atomic E-state index is -0.245. The van der Waals surface area contributed by atoms with Gasteiger partial charge in [0.15, 0.2) is 3.92 Å². The van der Waals surface area contributed by atoms with Crippen LogP contribution in [0.1, 0.15) is 35.1 Å². The van der Waals surface area contributed by atoms with Crippen molar-refractivity contribution < 1.29 is 4.79 Å².